The number of amides is 1. The number of aromatic carboxylic acids is 1. The van der Waals surface area contributed by atoms with E-state index in [1.54, 1.807) is 44.7 Å². The van der Waals surface area contributed by atoms with E-state index in [9.17, 15) is 9.59 Å². The maximum absolute atomic E-state index is 11.9. The summed E-state index contributed by atoms with van der Waals surface area (Å²) >= 11 is 7.59. The minimum absolute atomic E-state index is 0.0748. The van der Waals surface area contributed by atoms with E-state index in [2.05, 4.69) is 5.32 Å². The largest absolute Gasteiger partial charge is 0.478 e. The molecule has 2 N–H and O–H groups in total. The summed E-state index contributed by atoms with van der Waals surface area (Å²) in [6, 6.07) is 2.95. The number of benzene rings is 1. The molecule has 120 valence electrons. The molecule has 0 saturated carbocycles. The van der Waals surface area contributed by atoms with Crippen molar-refractivity contribution >= 4 is 35.4 Å². The van der Waals surface area contributed by atoms with Gasteiger partial charge in [0.25, 0.3) is 0 Å². The Hall–Kier alpha value is -1.40. The number of hydrogen-bond donors (Lipinski definition) is 2. The van der Waals surface area contributed by atoms with Gasteiger partial charge in [0.05, 0.1) is 16.6 Å². The van der Waals surface area contributed by atoms with E-state index in [-0.39, 0.29) is 16.6 Å². The Labute approximate surface area is 138 Å². The lowest BCUT2D eigenvalue weighted by molar-refractivity contribution is 0.0500. The Balaban J connectivity index is 2.23. The molecule has 2 rings (SSSR count). The highest BCUT2D eigenvalue weighted by molar-refractivity contribution is 7.99. The Morgan fingerprint density at radius 2 is 2.09 bits per heavy atom. The van der Waals surface area contributed by atoms with Crippen molar-refractivity contribution < 1.29 is 19.4 Å². The molecule has 0 fully saturated rings. The number of carboxylic acid groups (broad SMARTS) is 1. The highest BCUT2D eigenvalue weighted by atomic mass is 35.5. The SMILES string of the molecule is CC(C)(C)OC(=O)NC1CCSc2cc(C(=O)O)c(Cl)cc21. The molecular formula is C15H18ClNO4S. The fraction of sp³-hybridized carbons (Fsp3) is 0.467. The van der Waals surface area contributed by atoms with E-state index in [0.717, 1.165) is 22.6 Å². The second-order valence-corrected chi connectivity index (χ2v) is 7.55. The van der Waals surface area contributed by atoms with Crippen LogP contribution in [0.2, 0.25) is 5.02 Å². The lowest BCUT2D eigenvalue weighted by Crippen LogP contribution is -2.36. The lowest BCUT2D eigenvalue weighted by atomic mass is 10.0. The van der Waals surface area contributed by atoms with Crippen molar-refractivity contribution in [3.63, 3.8) is 0 Å². The van der Waals surface area contributed by atoms with Crippen LogP contribution < -0.4 is 5.32 Å². The number of fused-ring (bicyclic) bond motifs is 1. The van der Waals surface area contributed by atoms with Gasteiger partial charge in [-0.1, -0.05) is 11.6 Å². The van der Waals surface area contributed by atoms with E-state index in [1.807, 2.05) is 0 Å². The molecule has 22 heavy (non-hydrogen) atoms. The van der Waals surface area contributed by atoms with Crippen LogP contribution in [0.3, 0.4) is 0 Å². The number of halogens is 1. The molecule has 0 radical (unpaired) electrons. The van der Waals surface area contributed by atoms with Gasteiger partial charge in [0.15, 0.2) is 0 Å². The van der Waals surface area contributed by atoms with E-state index in [1.165, 1.54) is 0 Å². The molecule has 0 bridgehead atoms. The van der Waals surface area contributed by atoms with Gasteiger partial charge in [0, 0.05) is 10.6 Å². The summed E-state index contributed by atoms with van der Waals surface area (Å²) < 4.78 is 5.26. The zero-order valence-corrected chi connectivity index (χ0v) is 14.2. The van der Waals surface area contributed by atoms with Gasteiger partial charge in [-0.15, -0.1) is 11.8 Å². The van der Waals surface area contributed by atoms with Crippen LogP contribution in [0.5, 0.6) is 0 Å². The molecule has 0 saturated heterocycles. The maximum atomic E-state index is 11.9. The number of thioether (sulfide) groups is 1. The van der Waals surface area contributed by atoms with Gasteiger partial charge in [-0.2, -0.15) is 0 Å². The summed E-state index contributed by atoms with van der Waals surface area (Å²) in [5.74, 6) is -0.274. The fourth-order valence-electron chi connectivity index (χ4n) is 2.17. The third-order valence-corrected chi connectivity index (χ3v) is 4.48. The number of hydrogen-bond acceptors (Lipinski definition) is 4. The average molecular weight is 344 g/mol. The summed E-state index contributed by atoms with van der Waals surface area (Å²) in [4.78, 5) is 23.9. The van der Waals surface area contributed by atoms with Gasteiger partial charge < -0.3 is 15.2 Å². The van der Waals surface area contributed by atoms with E-state index in [4.69, 9.17) is 21.4 Å². The van der Waals surface area contributed by atoms with Crippen molar-refractivity contribution in [1.29, 1.82) is 0 Å². The summed E-state index contributed by atoms with van der Waals surface area (Å²) in [6.07, 6.45) is 0.244. The highest BCUT2D eigenvalue weighted by Gasteiger charge is 2.27. The summed E-state index contributed by atoms with van der Waals surface area (Å²) in [5.41, 5.74) is 0.337. The van der Waals surface area contributed by atoms with Crippen LogP contribution in [-0.4, -0.2) is 28.5 Å². The van der Waals surface area contributed by atoms with Gasteiger partial charge in [-0.3, -0.25) is 0 Å². The zero-order chi connectivity index (χ0) is 16.5. The zero-order valence-electron chi connectivity index (χ0n) is 12.6. The molecule has 0 aromatic heterocycles. The first kappa shape index (κ1) is 17.0. The summed E-state index contributed by atoms with van der Waals surface area (Å²) in [5, 5.41) is 12.1. The first-order valence-electron chi connectivity index (χ1n) is 6.86. The van der Waals surface area contributed by atoms with Crippen molar-refractivity contribution in [3.05, 3.63) is 28.3 Å². The van der Waals surface area contributed by atoms with Gasteiger partial charge >= 0.3 is 12.1 Å². The van der Waals surface area contributed by atoms with Crippen molar-refractivity contribution in [3.8, 4) is 0 Å². The molecule has 1 heterocycles. The van der Waals surface area contributed by atoms with E-state index < -0.39 is 17.7 Å². The number of carboxylic acids is 1. The molecule has 0 spiro atoms. The standard InChI is InChI=1S/C15H18ClNO4S/c1-15(2,3)21-14(20)17-11-4-5-22-12-7-8(13(18)19)10(16)6-9(11)12/h6-7,11H,4-5H2,1-3H3,(H,17,20)(H,18,19). The molecule has 5 nitrogen and oxygen atoms in total. The van der Waals surface area contributed by atoms with E-state index in [0.29, 0.717) is 0 Å². The Kier molecular flexibility index (Phi) is 4.92. The molecule has 1 aromatic rings. The smallest absolute Gasteiger partial charge is 0.408 e. The number of carbonyl (C=O) groups is 2. The first-order valence-corrected chi connectivity index (χ1v) is 8.23. The third kappa shape index (κ3) is 4.08. The van der Waals surface area contributed by atoms with Gasteiger partial charge in [0.1, 0.15) is 5.60 Å². The molecule has 1 aromatic carbocycles. The average Bonchev–Trinajstić information content (AvgIpc) is 2.36. The monoisotopic (exact) mass is 343 g/mol. The second kappa shape index (κ2) is 6.38. The maximum Gasteiger partial charge on any atom is 0.408 e. The summed E-state index contributed by atoms with van der Waals surface area (Å²) in [7, 11) is 0. The molecule has 1 unspecified atom stereocenters. The van der Waals surface area contributed by atoms with E-state index >= 15 is 0 Å². The van der Waals surface area contributed by atoms with Crippen molar-refractivity contribution in [2.45, 2.75) is 43.7 Å². The number of rotatable bonds is 2. The van der Waals surface area contributed by atoms with Crippen LogP contribution in [-0.2, 0) is 4.74 Å². The van der Waals surface area contributed by atoms with Gasteiger partial charge in [-0.05, 0) is 44.9 Å². The van der Waals surface area contributed by atoms with Gasteiger partial charge in [-0.25, -0.2) is 9.59 Å². The van der Waals surface area contributed by atoms with Crippen LogP contribution in [0.25, 0.3) is 0 Å². The minimum Gasteiger partial charge on any atom is -0.478 e. The molecule has 1 aliphatic rings. The van der Waals surface area contributed by atoms with Crippen LogP contribution in [0.15, 0.2) is 17.0 Å². The molecule has 0 aliphatic carbocycles. The van der Waals surface area contributed by atoms with Crippen molar-refractivity contribution in [1.82, 2.24) is 5.32 Å². The van der Waals surface area contributed by atoms with Crippen LogP contribution in [0.4, 0.5) is 4.79 Å². The molecular weight excluding hydrogens is 326 g/mol. The van der Waals surface area contributed by atoms with Gasteiger partial charge in [0.2, 0.25) is 0 Å². The topological polar surface area (TPSA) is 75.6 Å². The molecule has 1 atom stereocenters. The molecule has 1 aliphatic heterocycles. The Bertz CT molecular complexity index is 612. The van der Waals surface area contributed by atoms with Crippen LogP contribution in [0, 0.1) is 0 Å². The predicted octanol–water partition coefficient (Wildman–Crippen LogP) is 4.10. The quantitative estimate of drug-likeness (QED) is 0.845. The minimum atomic E-state index is -1.06. The Morgan fingerprint density at radius 3 is 2.68 bits per heavy atom. The normalized spacial score (nSPS) is 17.5. The van der Waals surface area contributed by atoms with Crippen molar-refractivity contribution in [2.75, 3.05) is 5.75 Å². The predicted molar refractivity (Wildman–Crippen MR) is 85.9 cm³/mol. The molecule has 7 heteroatoms. The number of nitrogens with one attached hydrogen (secondary N) is 1. The van der Waals surface area contributed by atoms with Crippen molar-refractivity contribution in [2.24, 2.45) is 0 Å². The summed E-state index contributed by atoms with van der Waals surface area (Å²) in [6.45, 7) is 5.40. The fourth-order valence-corrected chi connectivity index (χ4v) is 3.57. The third-order valence-electron chi connectivity index (χ3n) is 3.06. The lowest BCUT2D eigenvalue weighted by Gasteiger charge is -2.28. The number of alkyl carbamates (subject to hydrolysis) is 1. The first-order chi connectivity index (χ1) is 10.2. The molecule has 1 amide bonds. The second-order valence-electron chi connectivity index (χ2n) is 6.01. The van der Waals surface area contributed by atoms with Crippen LogP contribution >= 0.6 is 23.4 Å². The number of ether oxygens (including phenoxy) is 1. The van der Waals surface area contributed by atoms with Crippen LogP contribution in [0.1, 0.15) is 49.2 Å². The highest BCUT2D eigenvalue weighted by Crippen LogP contribution is 2.39. The Morgan fingerprint density at radius 1 is 1.41 bits per heavy atom. The number of carbonyl (C=O) groups excluding carboxylic acids is 1.